The van der Waals surface area contributed by atoms with Crippen LogP contribution in [0.2, 0.25) is 0 Å². The molecule has 0 saturated heterocycles. The number of carbonyl (C=O) groups is 2. The Balaban J connectivity index is 3.86. The van der Waals surface area contributed by atoms with Crippen molar-refractivity contribution in [2.75, 3.05) is 13.6 Å². The monoisotopic (exact) mass is 258 g/mol. The van der Waals surface area contributed by atoms with Gasteiger partial charge in [0.05, 0.1) is 0 Å². The number of carbonyl (C=O) groups excluding carboxylic acids is 1. The van der Waals surface area contributed by atoms with E-state index in [9.17, 15) is 9.59 Å². The normalized spacial score (nSPS) is 12.3. The van der Waals surface area contributed by atoms with Crippen LogP contribution in [0.5, 0.6) is 0 Å². The lowest BCUT2D eigenvalue weighted by Gasteiger charge is -2.22. The molecule has 0 fully saturated rings. The van der Waals surface area contributed by atoms with E-state index in [4.69, 9.17) is 5.11 Å². The van der Waals surface area contributed by atoms with Crippen LogP contribution in [0.15, 0.2) is 0 Å². The predicted octanol–water partition coefficient (Wildman–Crippen LogP) is 2.32. The molecule has 1 unspecified atom stereocenters. The third-order valence-corrected chi connectivity index (χ3v) is 3.27. The molecule has 0 bridgehead atoms. The molecular weight excluding hydrogens is 232 g/mol. The number of amides is 2. The smallest absolute Gasteiger partial charge is 0.317 e. The van der Waals surface area contributed by atoms with Gasteiger partial charge in [0.25, 0.3) is 0 Å². The van der Waals surface area contributed by atoms with Gasteiger partial charge < -0.3 is 15.3 Å². The number of aliphatic carboxylic acids is 1. The summed E-state index contributed by atoms with van der Waals surface area (Å²) in [6.07, 6.45) is 2.67. The van der Waals surface area contributed by atoms with Gasteiger partial charge in [0, 0.05) is 26.1 Å². The average Bonchev–Trinajstić information content (AvgIpc) is 2.31. The molecule has 0 aromatic rings. The van der Waals surface area contributed by atoms with Crippen LogP contribution in [0.4, 0.5) is 4.79 Å². The number of hydrogen-bond donors (Lipinski definition) is 2. The fourth-order valence-electron chi connectivity index (χ4n) is 1.62. The van der Waals surface area contributed by atoms with Crippen LogP contribution in [-0.4, -0.2) is 41.6 Å². The van der Waals surface area contributed by atoms with Crippen molar-refractivity contribution < 1.29 is 14.7 Å². The van der Waals surface area contributed by atoms with E-state index in [-0.39, 0.29) is 18.5 Å². The van der Waals surface area contributed by atoms with Crippen molar-refractivity contribution in [2.45, 2.75) is 52.5 Å². The summed E-state index contributed by atoms with van der Waals surface area (Å²) in [4.78, 5) is 23.8. The minimum Gasteiger partial charge on any atom is -0.481 e. The highest BCUT2D eigenvalue weighted by molar-refractivity contribution is 5.74. The van der Waals surface area contributed by atoms with Crippen LogP contribution < -0.4 is 5.32 Å². The molecule has 1 atom stereocenters. The van der Waals surface area contributed by atoms with Crippen LogP contribution >= 0.6 is 0 Å². The van der Waals surface area contributed by atoms with E-state index in [2.05, 4.69) is 12.2 Å². The van der Waals surface area contributed by atoms with Gasteiger partial charge in [-0.1, -0.05) is 13.3 Å². The Bertz CT molecular complexity index is 267. The summed E-state index contributed by atoms with van der Waals surface area (Å²) in [5, 5.41) is 11.5. The number of urea groups is 1. The van der Waals surface area contributed by atoms with Crippen LogP contribution in [0.1, 0.15) is 46.5 Å². The highest BCUT2D eigenvalue weighted by atomic mass is 16.4. The number of hydrogen-bond acceptors (Lipinski definition) is 2. The van der Waals surface area contributed by atoms with Crippen LogP contribution in [0, 0.1) is 5.92 Å². The van der Waals surface area contributed by atoms with E-state index < -0.39 is 5.97 Å². The largest absolute Gasteiger partial charge is 0.481 e. The van der Waals surface area contributed by atoms with Crippen molar-refractivity contribution in [1.82, 2.24) is 10.2 Å². The van der Waals surface area contributed by atoms with Gasteiger partial charge in [-0.15, -0.1) is 0 Å². The summed E-state index contributed by atoms with van der Waals surface area (Å²) in [6.45, 7) is 6.57. The molecule has 2 amide bonds. The first-order chi connectivity index (χ1) is 8.38. The standard InChI is InChI=1S/C13H26N2O3/c1-5-11(6-7-12(16)17)8-9-14-13(18)15(4)10(2)3/h10-11H,5-9H2,1-4H3,(H,14,18)(H,16,17). The van der Waals surface area contributed by atoms with Gasteiger partial charge in [-0.3, -0.25) is 4.79 Å². The topological polar surface area (TPSA) is 69.6 Å². The summed E-state index contributed by atoms with van der Waals surface area (Å²) >= 11 is 0. The van der Waals surface area contributed by atoms with Crippen molar-refractivity contribution in [2.24, 2.45) is 5.92 Å². The van der Waals surface area contributed by atoms with Gasteiger partial charge in [-0.25, -0.2) is 4.79 Å². The third-order valence-electron chi connectivity index (χ3n) is 3.27. The Morgan fingerprint density at radius 1 is 1.28 bits per heavy atom. The molecule has 0 aromatic carbocycles. The maximum atomic E-state index is 11.6. The van der Waals surface area contributed by atoms with Crippen molar-refractivity contribution in [1.29, 1.82) is 0 Å². The van der Waals surface area contributed by atoms with E-state index in [1.54, 1.807) is 11.9 Å². The first kappa shape index (κ1) is 16.7. The second-order valence-electron chi connectivity index (χ2n) is 4.93. The van der Waals surface area contributed by atoms with Crippen molar-refractivity contribution in [3.63, 3.8) is 0 Å². The number of rotatable bonds is 8. The maximum Gasteiger partial charge on any atom is 0.317 e. The summed E-state index contributed by atoms with van der Waals surface area (Å²) in [7, 11) is 1.77. The molecule has 0 aromatic heterocycles. The van der Waals surface area contributed by atoms with E-state index >= 15 is 0 Å². The van der Waals surface area contributed by atoms with Gasteiger partial charge in [0.1, 0.15) is 0 Å². The minimum atomic E-state index is -0.753. The molecule has 5 nitrogen and oxygen atoms in total. The Kier molecular flexibility index (Phi) is 8.16. The number of nitrogens with zero attached hydrogens (tertiary/aromatic N) is 1. The Hall–Kier alpha value is -1.26. The minimum absolute atomic E-state index is 0.0712. The predicted molar refractivity (Wildman–Crippen MR) is 71.6 cm³/mol. The SMILES string of the molecule is CCC(CCNC(=O)N(C)C(C)C)CCC(=O)O. The zero-order valence-electron chi connectivity index (χ0n) is 11.9. The Labute approximate surface area is 110 Å². The number of carboxylic acid groups (broad SMARTS) is 1. The summed E-state index contributed by atoms with van der Waals surface area (Å²) in [6, 6.07) is 0.108. The lowest BCUT2D eigenvalue weighted by Crippen LogP contribution is -2.41. The first-order valence-electron chi connectivity index (χ1n) is 6.60. The molecule has 0 heterocycles. The van der Waals surface area contributed by atoms with E-state index in [0.29, 0.717) is 18.9 Å². The number of carboxylic acids is 1. The summed E-state index contributed by atoms with van der Waals surface area (Å²) in [5.41, 5.74) is 0. The molecule has 0 rings (SSSR count). The molecular formula is C13H26N2O3. The first-order valence-corrected chi connectivity index (χ1v) is 6.60. The van der Waals surface area contributed by atoms with Crippen molar-refractivity contribution in [3.8, 4) is 0 Å². The molecule has 106 valence electrons. The second kappa shape index (κ2) is 8.78. The van der Waals surface area contributed by atoms with Gasteiger partial charge in [0.2, 0.25) is 0 Å². The average molecular weight is 258 g/mol. The highest BCUT2D eigenvalue weighted by Crippen LogP contribution is 2.14. The number of nitrogens with one attached hydrogen (secondary N) is 1. The van der Waals surface area contributed by atoms with Crippen molar-refractivity contribution >= 4 is 12.0 Å². The lowest BCUT2D eigenvalue weighted by molar-refractivity contribution is -0.137. The zero-order chi connectivity index (χ0) is 14.1. The van der Waals surface area contributed by atoms with E-state index in [0.717, 1.165) is 12.8 Å². The molecule has 0 radical (unpaired) electrons. The lowest BCUT2D eigenvalue weighted by atomic mass is 9.97. The maximum absolute atomic E-state index is 11.6. The van der Waals surface area contributed by atoms with Crippen LogP contribution in [0.25, 0.3) is 0 Å². The second-order valence-corrected chi connectivity index (χ2v) is 4.93. The van der Waals surface area contributed by atoms with E-state index in [1.165, 1.54) is 0 Å². The molecule has 0 spiro atoms. The van der Waals surface area contributed by atoms with Gasteiger partial charge in [-0.05, 0) is 32.6 Å². The Morgan fingerprint density at radius 3 is 2.33 bits per heavy atom. The molecule has 0 saturated carbocycles. The molecule has 0 aliphatic rings. The molecule has 0 aliphatic heterocycles. The zero-order valence-corrected chi connectivity index (χ0v) is 11.9. The fourth-order valence-corrected chi connectivity index (χ4v) is 1.62. The van der Waals surface area contributed by atoms with Gasteiger partial charge in [-0.2, -0.15) is 0 Å². The van der Waals surface area contributed by atoms with Gasteiger partial charge in [0.15, 0.2) is 0 Å². The molecule has 0 aliphatic carbocycles. The Morgan fingerprint density at radius 2 is 1.89 bits per heavy atom. The molecule has 18 heavy (non-hydrogen) atoms. The quantitative estimate of drug-likeness (QED) is 0.702. The molecule has 5 heteroatoms. The summed E-state index contributed by atoms with van der Waals surface area (Å²) in [5.74, 6) is -0.386. The highest BCUT2D eigenvalue weighted by Gasteiger charge is 2.13. The summed E-state index contributed by atoms with van der Waals surface area (Å²) < 4.78 is 0. The van der Waals surface area contributed by atoms with E-state index in [1.807, 2.05) is 13.8 Å². The third kappa shape index (κ3) is 7.14. The van der Waals surface area contributed by atoms with Crippen molar-refractivity contribution in [3.05, 3.63) is 0 Å². The van der Waals surface area contributed by atoms with Crippen LogP contribution in [-0.2, 0) is 4.79 Å². The molecule has 2 N–H and O–H groups in total. The van der Waals surface area contributed by atoms with Gasteiger partial charge >= 0.3 is 12.0 Å². The van der Waals surface area contributed by atoms with Crippen LogP contribution in [0.3, 0.4) is 0 Å². The fraction of sp³-hybridized carbons (Fsp3) is 0.846.